The molecule has 43 heavy (non-hydrogen) atoms. The summed E-state index contributed by atoms with van der Waals surface area (Å²) in [6.45, 7) is 8.91. The van der Waals surface area contributed by atoms with E-state index in [9.17, 15) is 15.9 Å². The van der Waals surface area contributed by atoms with Crippen molar-refractivity contribution in [1.29, 1.82) is 0 Å². The van der Waals surface area contributed by atoms with Crippen molar-refractivity contribution < 1.29 is 42.7 Å². The molecule has 2 rings (SSSR count). The molecule has 15 nitrogen and oxygen atoms in total. The van der Waals surface area contributed by atoms with Gasteiger partial charge in [0.25, 0.3) is 0 Å². The molecule has 0 aromatic rings. The topological polar surface area (TPSA) is 188 Å². The molecular formula is C28H50N6O9. The highest BCUT2D eigenvalue weighted by atomic mass is 16.8. The first-order chi connectivity index (χ1) is 20.9. The number of nitrogens with zero attached hydrogens (tertiary/aromatic N) is 6. The molecule has 15 heteroatoms. The van der Waals surface area contributed by atoms with E-state index in [1.165, 1.54) is 14.2 Å². The smallest absolute Gasteiger partial charge is 0.305 e. The highest BCUT2D eigenvalue weighted by molar-refractivity contribution is 5.68. The van der Waals surface area contributed by atoms with Crippen LogP contribution in [0.5, 0.6) is 0 Å². The van der Waals surface area contributed by atoms with Crippen LogP contribution in [0.25, 0.3) is 20.9 Å². The molecule has 0 aliphatic carbocycles. The number of hydrogen-bond acceptors (Lipinski definition) is 11. The van der Waals surface area contributed by atoms with E-state index in [2.05, 4.69) is 33.9 Å². The standard InChI is InChI=1S/C28H50N6O9/c1-7-9-15-38-23-21(31-33-29)19(4)42-28(25(23)37-6)43-26-24(39-16-10-8-2)22(32-34-30)18(3)41-27(26)40-17-13-11-12-14-20(35)36-5/h18-19,21-28H,7-17H2,1-6H3/t18?,19?,21-,22-,23?,24?,25-,26-,27+,28-/m1/s1. The number of unbranched alkanes of at least 4 members (excludes halogenated alkanes) is 4. The van der Waals surface area contributed by atoms with E-state index < -0.39 is 61.3 Å². The Balaban J connectivity index is 2.32. The summed E-state index contributed by atoms with van der Waals surface area (Å²) < 4.78 is 48.2. The van der Waals surface area contributed by atoms with Crippen molar-refractivity contribution in [3.8, 4) is 0 Å². The molecule has 2 fully saturated rings. The van der Waals surface area contributed by atoms with Crippen molar-refractivity contribution >= 4 is 5.97 Å². The minimum absolute atomic E-state index is 0.246. The van der Waals surface area contributed by atoms with Crippen LogP contribution in [0.2, 0.25) is 0 Å². The zero-order valence-electron chi connectivity index (χ0n) is 26.4. The average molecular weight is 615 g/mol. The van der Waals surface area contributed by atoms with Crippen molar-refractivity contribution in [1.82, 2.24) is 0 Å². The summed E-state index contributed by atoms with van der Waals surface area (Å²) in [5.41, 5.74) is 18.6. The molecule has 0 radical (unpaired) electrons. The molecule has 0 aromatic carbocycles. The van der Waals surface area contributed by atoms with Crippen LogP contribution in [0, 0.1) is 0 Å². The lowest BCUT2D eigenvalue weighted by Crippen LogP contribution is -2.64. The summed E-state index contributed by atoms with van der Waals surface area (Å²) in [5.74, 6) is -0.246. The van der Waals surface area contributed by atoms with Gasteiger partial charge in [-0.3, -0.25) is 4.79 Å². The number of azide groups is 2. The Kier molecular flexibility index (Phi) is 17.8. The normalized spacial score (nSPS) is 32.4. The van der Waals surface area contributed by atoms with Gasteiger partial charge in [0.15, 0.2) is 12.6 Å². The van der Waals surface area contributed by atoms with Gasteiger partial charge in [-0.25, -0.2) is 0 Å². The van der Waals surface area contributed by atoms with Gasteiger partial charge in [-0.1, -0.05) is 43.3 Å². The van der Waals surface area contributed by atoms with Gasteiger partial charge in [0, 0.05) is 43.2 Å². The fourth-order valence-corrected chi connectivity index (χ4v) is 5.16. The number of esters is 1. The van der Waals surface area contributed by atoms with Crippen LogP contribution in [-0.4, -0.2) is 101 Å². The van der Waals surface area contributed by atoms with Gasteiger partial charge in [-0.2, -0.15) is 0 Å². The van der Waals surface area contributed by atoms with Crippen LogP contribution in [0.4, 0.5) is 0 Å². The number of carbonyl (C=O) groups is 1. The SMILES string of the molecule is CCCCOC1[C@H](N=[N+]=[N-])C(C)O[C@H](O[C@@H]2C(OCCCC)[C@H](N=[N+]=[N-])C(C)O[C@@H]2OCCCCCC(=O)OC)[C@@H]1OC. The lowest BCUT2D eigenvalue weighted by Gasteiger charge is -2.48. The number of carbonyl (C=O) groups excluding carboxylic acids is 1. The Bertz CT molecular complexity index is 904. The molecule has 2 aliphatic heterocycles. The summed E-state index contributed by atoms with van der Waals surface area (Å²) in [6, 6.07) is -1.33. The summed E-state index contributed by atoms with van der Waals surface area (Å²) >= 11 is 0. The minimum Gasteiger partial charge on any atom is -0.469 e. The maximum atomic E-state index is 11.4. The minimum atomic E-state index is -0.964. The van der Waals surface area contributed by atoms with E-state index in [4.69, 9.17) is 37.9 Å². The zero-order chi connectivity index (χ0) is 31.6. The Labute approximate surface area is 254 Å². The zero-order valence-corrected chi connectivity index (χ0v) is 26.4. The molecule has 0 amide bonds. The molecule has 246 valence electrons. The third kappa shape index (κ3) is 11.4. The predicted octanol–water partition coefficient (Wildman–Crippen LogP) is 5.35. The van der Waals surface area contributed by atoms with Crippen molar-refractivity contribution in [3.05, 3.63) is 20.9 Å². The molecule has 0 aromatic heterocycles. The highest BCUT2D eigenvalue weighted by Crippen LogP contribution is 2.35. The molecule has 2 heterocycles. The van der Waals surface area contributed by atoms with Crippen LogP contribution in [0.3, 0.4) is 0 Å². The largest absolute Gasteiger partial charge is 0.469 e. The van der Waals surface area contributed by atoms with Gasteiger partial charge in [0.1, 0.15) is 12.2 Å². The van der Waals surface area contributed by atoms with Gasteiger partial charge in [-0.05, 0) is 50.6 Å². The second-order valence-corrected chi connectivity index (χ2v) is 10.7. The fourth-order valence-electron chi connectivity index (χ4n) is 5.16. The first-order valence-corrected chi connectivity index (χ1v) is 15.4. The Morgan fingerprint density at radius 3 is 1.77 bits per heavy atom. The summed E-state index contributed by atoms with van der Waals surface area (Å²) in [7, 11) is 2.89. The molecule has 0 spiro atoms. The molecule has 2 saturated heterocycles. The van der Waals surface area contributed by atoms with E-state index >= 15 is 0 Å². The van der Waals surface area contributed by atoms with Crippen molar-refractivity contribution in [2.24, 2.45) is 10.2 Å². The van der Waals surface area contributed by atoms with Crippen molar-refractivity contribution in [2.75, 3.05) is 34.0 Å². The van der Waals surface area contributed by atoms with Crippen LogP contribution in [0.1, 0.15) is 79.1 Å². The van der Waals surface area contributed by atoms with E-state index in [-0.39, 0.29) is 5.97 Å². The second kappa shape index (κ2) is 20.7. The number of rotatable bonds is 20. The van der Waals surface area contributed by atoms with Crippen LogP contribution < -0.4 is 0 Å². The van der Waals surface area contributed by atoms with E-state index in [0.717, 1.165) is 32.1 Å². The Hall–Kier alpha value is -2.19. The third-order valence-corrected chi connectivity index (χ3v) is 7.60. The quantitative estimate of drug-likeness (QED) is 0.0572. The van der Waals surface area contributed by atoms with Gasteiger partial charge < -0.3 is 37.9 Å². The Morgan fingerprint density at radius 1 is 0.721 bits per heavy atom. The van der Waals surface area contributed by atoms with Crippen LogP contribution in [0.15, 0.2) is 10.2 Å². The van der Waals surface area contributed by atoms with Crippen LogP contribution in [-0.2, 0) is 42.7 Å². The highest BCUT2D eigenvalue weighted by Gasteiger charge is 2.52. The number of methoxy groups -OCH3 is 2. The molecule has 0 N–H and O–H groups in total. The average Bonchev–Trinajstić information content (AvgIpc) is 2.99. The maximum absolute atomic E-state index is 11.4. The van der Waals surface area contributed by atoms with Crippen LogP contribution >= 0.6 is 0 Å². The third-order valence-electron chi connectivity index (χ3n) is 7.60. The molecular weight excluding hydrogens is 564 g/mol. The van der Waals surface area contributed by atoms with E-state index in [1.54, 1.807) is 13.8 Å². The maximum Gasteiger partial charge on any atom is 0.305 e. The Morgan fingerprint density at radius 2 is 1.26 bits per heavy atom. The molecule has 10 atom stereocenters. The van der Waals surface area contributed by atoms with Gasteiger partial charge in [0.05, 0.1) is 43.6 Å². The summed E-state index contributed by atoms with van der Waals surface area (Å²) in [5, 5.41) is 7.95. The first kappa shape index (κ1) is 37.0. The number of hydrogen-bond donors (Lipinski definition) is 0. The monoisotopic (exact) mass is 614 g/mol. The molecule has 4 unspecified atom stereocenters. The molecule has 2 aliphatic rings. The first-order valence-electron chi connectivity index (χ1n) is 15.4. The second-order valence-electron chi connectivity index (χ2n) is 10.7. The lowest BCUT2D eigenvalue weighted by molar-refractivity contribution is -0.351. The van der Waals surface area contributed by atoms with E-state index in [1.807, 2.05) is 0 Å². The van der Waals surface area contributed by atoms with Gasteiger partial charge >= 0.3 is 5.97 Å². The predicted molar refractivity (Wildman–Crippen MR) is 156 cm³/mol. The fraction of sp³-hybridized carbons (Fsp3) is 0.964. The lowest BCUT2D eigenvalue weighted by atomic mass is 9.95. The molecule has 0 bridgehead atoms. The van der Waals surface area contributed by atoms with E-state index in [0.29, 0.717) is 39.1 Å². The molecule has 0 saturated carbocycles. The van der Waals surface area contributed by atoms with Gasteiger partial charge in [-0.15, -0.1) is 0 Å². The summed E-state index contributed by atoms with van der Waals surface area (Å²) in [4.78, 5) is 17.5. The van der Waals surface area contributed by atoms with Gasteiger partial charge in [0.2, 0.25) is 0 Å². The summed E-state index contributed by atoms with van der Waals surface area (Å²) in [6.07, 6.45) is 0.0477. The number of ether oxygens (including phenoxy) is 8. The van der Waals surface area contributed by atoms with Crippen molar-refractivity contribution in [2.45, 2.75) is 140 Å². The van der Waals surface area contributed by atoms with Crippen molar-refractivity contribution in [3.63, 3.8) is 0 Å².